The molecule has 1 aromatic heterocycles. The van der Waals surface area contributed by atoms with Crippen molar-refractivity contribution in [1.29, 1.82) is 0 Å². The van der Waals surface area contributed by atoms with E-state index in [4.69, 9.17) is 4.98 Å². The molecule has 4 rings (SSSR count). The number of nitrogens with zero attached hydrogens (tertiary/aromatic N) is 2. The van der Waals surface area contributed by atoms with Gasteiger partial charge >= 0.3 is 0 Å². The van der Waals surface area contributed by atoms with E-state index >= 15 is 0 Å². The lowest BCUT2D eigenvalue weighted by atomic mass is 9.63. The first-order valence-electron chi connectivity index (χ1n) is 13.0. The summed E-state index contributed by atoms with van der Waals surface area (Å²) < 4.78 is 0. The van der Waals surface area contributed by atoms with Crippen molar-refractivity contribution in [2.75, 3.05) is 31.6 Å². The maximum atomic E-state index is 11.3. The fourth-order valence-corrected chi connectivity index (χ4v) is 6.30. The molecule has 2 aromatic rings. The van der Waals surface area contributed by atoms with Gasteiger partial charge in [0.2, 0.25) is 5.91 Å². The predicted molar refractivity (Wildman–Crippen MR) is 144 cm³/mol. The van der Waals surface area contributed by atoms with Crippen LogP contribution in [0.3, 0.4) is 0 Å². The van der Waals surface area contributed by atoms with E-state index < -0.39 is 0 Å². The lowest BCUT2D eigenvalue weighted by Crippen LogP contribution is -2.42. The predicted octanol–water partition coefficient (Wildman–Crippen LogP) is 5.63. The van der Waals surface area contributed by atoms with Crippen molar-refractivity contribution >= 4 is 22.4 Å². The summed E-state index contributed by atoms with van der Waals surface area (Å²) in [5.41, 5.74) is 5.83. The van der Waals surface area contributed by atoms with E-state index in [0.29, 0.717) is 12.5 Å². The Morgan fingerprint density at radius 3 is 2.50 bits per heavy atom. The highest BCUT2D eigenvalue weighted by Crippen LogP contribution is 2.47. The van der Waals surface area contributed by atoms with Gasteiger partial charge in [-0.2, -0.15) is 0 Å². The number of carbonyl (C=O) groups is 1. The second-order valence-corrected chi connectivity index (χ2v) is 12.2. The maximum absolute atomic E-state index is 11.3. The van der Waals surface area contributed by atoms with Crippen molar-refractivity contribution in [3.05, 3.63) is 34.7 Å². The second-order valence-electron chi connectivity index (χ2n) is 11.4. The number of benzene rings is 1. The van der Waals surface area contributed by atoms with Gasteiger partial charge < -0.3 is 15.5 Å². The van der Waals surface area contributed by atoms with Gasteiger partial charge in [0.15, 0.2) is 5.13 Å². The summed E-state index contributed by atoms with van der Waals surface area (Å²) in [5.74, 6) is 0.138. The molecule has 5 nitrogen and oxygen atoms in total. The SMILES string of the molecule is CNC(=O)CCCCNC1CCN(c2nc(-c3ccc4c(c3)C(C)(C)CCC4(C)C)cs2)CC1. The molecule has 2 heterocycles. The molecule has 0 atom stereocenters. The molecule has 0 unspecified atom stereocenters. The Bertz CT molecular complexity index is 988. The molecule has 2 aliphatic rings. The number of hydrogen-bond acceptors (Lipinski definition) is 5. The number of carbonyl (C=O) groups excluding carboxylic acids is 1. The van der Waals surface area contributed by atoms with Crippen LogP contribution in [0, 0.1) is 0 Å². The minimum Gasteiger partial charge on any atom is -0.359 e. The number of rotatable bonds is 8. The first kappa shape index (κ1) is 25.2. The molecule has 6 heteroatoms. The van der Waals surface area contributed by atoms with Gasteiger partial charge in [0, 0.05) is 43.5 Å². The summed E-state index contributed by atoms with van der Waals surface area (Å²) in [4.78, 5) is 18.8. The third kappa shape index (κ3) is 5.65. The van der Waals surface area contributed by atoms with Crippen LogP contribution < -0.4 is 15.5 Å². The Balaban J connectivity index is 1.33. The Hall–Kier alpha value is -1.92. The Morgan fingerprint density at radius 2 is 1.79 bits per heavy atom. The van der Waals surface area contributed by atoms with Crippen molar-refractivity contribution in [2.24, 2.45) is 0 Å². The average Bonchev–Trinajstić information content (AvgIpc) is 3.32. The van der Waals surface area contributed by atoms with Gasteiger partial charge in [0.05, 0.1) is 5.69 Å². The number of piperidine rings is 1. The van der Waals surface area contributed by atoms with E-state index in [0.717, 1.165) is 56.1 Å². The third-order valence-corrected chi connectivity index (χ3v) is 8.85. The molecule has 0 saturated carbocycles. The van der Waals surface area contributed by atoms with Crippen LogP contribution >= 0.6 is 11.3 Å². The highest BCUT2D eigenvalue weighted by molar-refractivity contribution is 7.14. The number of nitrogens with one attached hydrogen (secondary N) is 2. The number of anilines is 1. The number of fused-ring (bicyclic) bond motifs is 1. The molecule has 1 aromatic carbocycles. The molecule has 0 bridgehead atoms. The Kier molecular flexibility index (Phi) is 7.68. The lowest BCUT2D eigenvalue weighted by Gasteiger charge is -2.42. The topological polar surface area (TPSA) is 57.3 Å². The molecule has 1 fully saturated rings. The van der Waals surface area contributed by atoms with Gasteiger partial charge in [0.1, 0.15) is 0 Å². The van der Waals surface area contributed by atoms with Crippen LogP contribution in [0.15, 0.2) is 23.6 Å². The molecule has 0 spiro atoms. The number of amides is 1. The van der Waals surface area contributed by atoms with E-state index in [1.54, 1.807) is 18.4 Å². The summed E-state index contributed by atoms with van der Waals surface area (Å²) in [6, 6.07) is 7.62. The fourth-order valence-electron chi connectivity index (χ4n) is 5.41. The minimum atomic E-state index is 0.138. The van der Waals surface area contributed by atoms with Gasteiger partial charge in [-0.05, 0) is 73.1 Å². The van der Waals surface area contributed by atoms with E-state index in [1.807, 2.05) is 0 Å². The molecule has 1 aliphatic carbocycles. The summed E-state index contributed by atoms with van der Waals surface area (Å²) in [6.45, 7) is 12.6. The normalized spacial score (nSPS) is 19.6. The van der Waals surface area contributed by atoms with Gasteiger partial charge in [-0.15, -0.1) is 11.3 Å². The number of thiazole rings is 1. The summed E-state index contributed by atoms with van der Waals surface area (Å²) >= 11 is 1.78. The molecule has 1 saturated heterocycles. The first-order valence-corrected chi connectivity index (χ1v) is 13.9. The molecule has 1 aliphatic heterocycles. The van der Waals surface area contributed by atoms with Crippen molar-refractivity contribution in [2.45, 2.75) is 89.5 Å². The van der Waals surface area contributed by atoms with Crippen LogP contribution in [0.5, 0.6) is 0 Å². The molecule has 0 radical (unpaired) electrons. The van der Waals surface area contributed by atoms with E-state index in [9.17, 15) is 4.79 Å². The first-order chi connectivity index (χ1) is 16.2. The highest BCUT2D eigenvalue weighted by Gasteiger charge is 2.37. The molecule has 2 N–H and O–H groups in total. The number of hydrogen-bond donors (Lipinski definition) is 2. The van der Waals surface area contributed by atoms with Crippen LogP contribution in [-0.2, 0) is 15.6 Å². The smallest absolute Gasteiger partial charge is 0.219 e. The summed E-state index contributed by atoms with van der Waals surface area (Å²) in [7, 11) is 1.70. The zero-order valence-corrected chi connectivity index (χ0v) is 22.5. The van der Waals surface area contributed by atoms with Crippen LogP contribution in [-0.4, -0.2) is 43.6 Å². The Labute approximate surface area is 209 Å². The van der Waals surface area contributed by atoms with Gasteiger partial charge in [-0.1, -0.05) is 39.8 Å². The minimum absolute atomic E-state index is 0.138. The number of unbranched alkanes of at least 4 members (excludes halogenated alkanes) is 1. The van der Waals surface area contributed by atoms with Crippen molar-refractivity contribution in [3.63, 3.8) is 0 Å². The average molecular weight is 483 g/mol. The monoisotopic (exact) mass is 482 g/mol. The second kappa shape index (κ2) is 10.4. The van der Waals surface area contributed by atoms with Crippen molar-refractivity contribution < 1.29 is 4.79 Å². The maximum Gasteiger partial charge on any atom is 0.219 e. The summed E-state index contributed by atoms with van der Waals surface area (Å²) in [5, 5.41) is 9.75. The summed E-state index contributed by atoms with van der Waals surface area (Å²) in [6.07, 6.45) is 7.40. The number of aromatic nitrogens is 1. The van der Waals surface area contributed by atoms with Gasteiger partial charge in [-0.25, -0.2) is 4.98 Å². The van der Waals surface area contributed by atoms with Crippen molar-refractivity contribution in [1.82, 2.24) is 15.6 Å². The molecular formula is C28H42N4OS. The van der Waals surface area contributed by atoms with E-state index in [-0.39, 0.29) is 16.7 Å². The molecule has 1 amide bonds. The highest BCUT2D eigenvalue weighted by atomic mass is 32.1. The molecular weight excluding hydrogens is 440 g/mol. The quantitative estimate of drug-likeness (QED) is 0.479. The van der Waals surface area contributed by atoms with E-state index in [2.05, 4.69) is 66.8 Å². The van der Waals surface area contributed by atoms with Gasteiger partial charge in [-0.3, -0.25) is 4.79 Å². The van der Waals surface area contributed by atoms with E-state index in [1.165, 1.54) is 29.5 Å². The molecule has 186 valence electrons. The van der Waals surface area contributed by atoms with Crippen LogP contribution in [0.4, 0.5) is 5.13 Å². The van der Waals surface area contributed by atoms with Gasteiger partial charge in [0.25, 0.3) is 0 Å². The van der Waals surface area contributed by atoms with Crippen molar-refractivity contribution in [3.8, 4) is 11.3 Å². The third-order valence-electron chi connectivity index (χ3n) is 7.95. The van der Waals surface area contributed by atoms with Crippen LogP contribution in [0.2, 0.25) is 0 Å². The van der Waals surface area contributed by atoms with Crippen LogP contribution in [0.25, 0.3) is 11.3 Å². The Morgan fingerprint density at radius 1 is 1.09 bits per heavy atom. The lowest BCUT2D eigenvalue weighted by molar-refractivity contribution is -0.120. The zero-order valence-electron chi connectivity index (χ0n) is 21.7. The standard InChI is InChI=1S/C28H42N4OS/c1-27(2)13-14-28(3,4)23-18-20(9-10-22(23)27)24-19-34-26(31-24)32-16-11-21(12-17-32)30-15-7-6-8-25(33)29-5/h9-10,18-19,21,30H,6-8,11-17H2,1-5H3,(H,29,33). The zero-order chi connectivity index (χ0) is 24.3. The van der Waals surface area contributed by atoms with Crippen LogP contribution in [0.1, 0.15) is 83.8 Å². The fraction of sp³-hybridized carbons (Fsp3) is 0.643. The largest absolute Gasteiger partial charge is 0.359 e. The molecule has 34 heavy (non-hydrogen) atoms.